The number of aromatic nitrogens is 3. The summed E-state index contributed by atoms with van der Waals surface area (Å²) in [6, 6.07) is 0. The fourth-order valence-corrected chi connectivity index (χ4v) is 2.91. The van der Waals surface area contributed by atoms with E-state index >= 15 is 0 Å². The van der Waals surface area contributed by atoms with Crippen molar-refractivity contribution in [3.8, 4) is 0 Å². The highest BCUT2D eigenvalue weighted by atomic mass is 35.5. The van der Waals surface area contributed by atoms with E-state index in [1.54, 1.807) is 9.58 Å². The number of rotatable bonds is 6. The summed E-state index contributed by atoms with van der Waals surface area (Å²) in [5, 5.41) is 12.4. The van der Waals surface area contributed by atoms with Crippen LogP contribution in [0.25, 0.3) is 0 Å². The van der Waals surface area contributed by atoms with Crippen LogP contribution in [0.4, 0.5) is 0 Å². The van der Waals surface area contributed by atoms with Crippen LogP contribution in [0.1, 0.15) is 18.2 Å². The number of halogens is 2. The smallest absolute Gasteiger partial charge is 0.238 e. The summed E-state index contributed by atoms with van der Waals surface area (Å²) in [4.78, 5) is 13.6. The van der Waals surface area contributed by atoms with E-state index in [1.807, 2.05) is 23.9 Å². The Morgan fingerprint density at radius 2 is 2.25 bits per heavy atom. The maximum Gasteiger partial charge on any atom is 0.238 e. The summed E-state index contributed by atoms with van der Waals surface area (Å²) in [6.45, 7) is 3.52. The van der Waals surface area contributed by atoms with Crippen LogP contribution in [0.2, 0.25) is 5.02 Å². The van der Waals surface area contributed by atoms with Crippen molar-refractivity contribution in [2.24, 2.45) is 0 Å². The van der Waals surface area contributed by atoms with Crippen LogP contribution >= 0.6 is 34.5 Å². The zero-order valence-corrected chi connectivity index (χ0v) is 13.3. The van der Waals surface area contributed by atoms with Crippen LogP contribution < -0.4 is 0 Å². The van der Waals surface area contributed by atoms with E-state index in [0.717, 1.165) is 17.8 Å². The second-order valence-corrected chi connectivity index (χ2v) is 5.61. The molecule has 8 heteroatoms. The van der Waals surface area contributed by atoms with Crippen molar-refractivity contribution in [2.75, 3.05) is 5.88 Å². The number of amides is 1. The van der Waals surface area contributed by atoms with E-state index in [0.29, 0.717) is 18.1 Å². The van der Waals surface area contributed by atoms with E-state index in [-0.39, 0.29) is 11.8 Å². The predicted molar refractivity (Wildman–Crippen MR) is 80.0 cm³/mol. The molecule has 0 aliphatic rings. The van der Waals surface area contributed by atoms with Crippen molar-refractivity contribution in [3.63, 3.8) is 0 Å². The van der Waals surface area contributed by atoms with Gasteiger partial charge in [-0.05, 0) is 12.3 Å². The van der Waals surface area contributed by atoms with E-state index in [1.165, 1.54) is 11.3 Å². The number of alkyl halides is 1. The normalized spacial score (nSPS) is 10.8. The Morgan fingerprint density at radius 3 is 2.80 bits per heavy atom. The maximum absolute atomic E-state index is 11.9. The fourth-order valence-electron chi connectivity index (χ4n) is 1.70. The first-order valence-electron chi connectivity index (χ1n) is 6.07. The number of thiophene rings is 1. The Bertz CT molecular complexity index is 584. The van der Waals surface area contributed by atoms with Crippen molar-refractivity contribution in [1.29, 1.82) is 0 Å². The molecule has 2 rings (SSSR count). The Hall–Kier alpha value is -1.11. The Morgan fingerprint density at radius 1 is 1.45 bits per heavy atom. The number of aryl methyl sites for hydroxylation is 1. The molecule has 0 fully saturated rings. The molecule has 0 aliphatic heterocycles. The van der Waals surface area contributed by atoms with Crippen LogP contribution in [0, 0.1) is 0 Å². The van der Waals surface area contributed by atoms with Crippen molar-refractivity contribution in [3.05, 3.63) is 33.2 Å². The number of hydrogen-bond acceptors (Lipinski definition) is 4. The molecule has 2 aromatic rings. The van der Waals surface area contributed by atoms with Gasteiger partial charge in [0.15, 0.2) is 0 Å². The number of carbonyl (C=O) groups excluding carboxylic acids is 1. The van der Waals surface area contributed by atoms with Gasteiger partial charge in [-0.2, -0.15) is 11.3 Å². The topological polar surface area (TPSA) is 51.0 Å². The lowest BCUT2D eigenvalue weighted by atomic mass is 10.3. The molecular formula is C12H14Cl2N4OS. The summed E-state index contributed by atoms with van der Waals surface area (Å²) >= 11 is 13.2. The summed E-state index contributed by atoms with van der Waals surface area (Å²) < 4.78 is 1.72. The molecule has 0 spiro atoms. The van der Waals surface area contributed by atoms with Gasteiger partial charge >= 0.3 is 0 Å². The molecule has 0 atom stereocenters. The van der Waals surface area contributed by atoms with E-state index in [9.17, 15) is 4.79 Å². The molecule has 108 valence electrons. The third kappa shape index (κ3) is 3.71. The molecule has 0 aliphatic carbocycles. The zero-order chi connectivity index (χ0) is 14.5. The molecule has 0 bridgehead atoms. The summed E-state index contributed by atoms with van der Waals surface area (Å²) in [5.41, 5.74) is 1.65. The van der Waals surface area contributed by atoms with Gasteiger partial charge in [-0.3, -0.25) is 9.48 Å². The molecular weight excluding hydrogens is 319 g/mol. The van der Waals surface area contributed by atoms with Gasteiger partial charge in [0.25, 0.3) is 0 Å². The molecule has 0 aromatic carbocycles. The standard InChI is InChI=1S/C12H14Cl2N4OS/c1-2-18-6-10(15-16-18)5-17(12(19)3-13)4-9-7-20-8-11(9)14/h6-8H,2-5H2,1H3. The Kier molecular flexibility index (Phi) is 5.39. The highest BCUT2D eigenvalue weighted by Gasteiger charge is 2.17. The van der Waals surface area contributed by atoms with Crippen LogP contribution in [0.15, 0.2) is 17.0 Å². The third-order valence-corrected chi connectivity index (χ3v) is 4.28. The highest BCUT2D eigenvalue weighted by molar-refractivity contribution is 7.08. The van der Waals surface area contributed by atoms with Gasteiger partial charge in [0.2, 0.25) is 5.91 Å². The van der Waals surface area contributed by atoms with Gasteiger partial charge in [0.05, 0.1) is 17.8 Å². The van der Waals surface area contributed by atoms with Crippen molar-refractivity contribution < 1.29 is 4.79 Å². The molecule has 2 aromatic heterocycles. The lowest BCUT2D eigenvalue weighted by Crippen LogP contribution is -2.31. The van der Waals surface area contributed by atoms with Crippen LogP contribution in [-0.4, -0.2) is 31.7 Å². The van der Waals surface area contributed by atoms with E-state index in [2.05, 4.69) is 10.3 Å². The van der Waals surface area contributed by atoms with Crippen molar-refractivity contribution in [2.45, 2.75) is 26.6 Å². The third-order valence-electron chi connectivity index (χ3n) is 2.78. The lowest BCUT2D eigenvalue weighted by molar-refractivity contribution is -0.129. The monoisotopic (exact) mass is 332 g/mol. The summed E-state index contributed by atoms with van der Waals surface area (Å²) in [5.74, 6) is -0.219. The lowest BCUT2D eigenvalue weighted by Gasteiger charge is -2.20. The van der Waals surface area contributed by atoms with E-state index in [4.69, 9.17) is 23.2 Å². The van der Waals surface area contributed by atoms with Crippen molar-refractivity contribution >= 4 is 40.4 Å². The van der Waals surface area contributed by atoms with Gasteiger partial charge in [0.1, 0.15) is 11.6 Å². The fraction of sp³-hybridized carbons (Fsp3) is 0.417. The average molecular weight is 333 g/mol. The van der Waals surface area contributed by atoms with Gasteiger partial charge < -0.3 is 4.90 Å². The predicted octanol–water partition coefficient (Wildman–Crippen LogP) is 2.78. The molecule has 1 amide bonds. The Balaban J connectivity index is 2.11. The summed E-state index contributed by atoms with van der Waals surface area (Å²) in [7, 11) is 0. The minimum Gasteiger partial charge on any atom is -0.331 e. The summed E-state index contributed by atoms with van der Waals surface area (Å²) in [6.07, 6.45) is 1.82. The average Bonchev–Trinajstić information content (AvgIpc) is 3.07. The first-order chi connectivity index (χ1) is 9.63. The minimum absolute atomic E-state index is 0.0658. The second kappa shape index (κ2) is 7.06. The van der Waals surface area contributed by atoms with Crippen molar-refractivity contribution in [1.82, 2.24) is 19.9 Å². The molecule has 0 saturated carbocycles. The molecule has 0 N–H and O–H groups in total. The Labute approximate surface area is 131 Å². The van der Waals surface area contributed by atoms with Crippen LogP contribution in [0.3, 0.4) is 0 Å². The first-order valence-corrected chi connectivity index (χ1v) is 7.92. The first kappa shape index (κ1) is 15.3. The van der Waals surface area contributed by atoms with Crippen LogP contribution in [0.5, 0.6) is 0 Å². The minimum atomic E-state index is -0.153. The molecule has 20 heavy (non-hydrogen) atoms. The maximum atomic E-state index is 11.9. The largest absolute Gasteiger partial charge is 0.331 e. The highest BCUT2D eigenvalue weighted by Crippen LogP contribution is 2.22. The van der Waals surface area contributed by atoms with Gasteiger partial charge in [-0.1, -0.05) is 16.8 Å². The SMILES string of the molecule is CCn1cc(CN(Cc2cscc2Cl)C(=O)CCl)nn1. The molecule has 0 unspecified atom stereocenters. The number of nitrogens with zero attached hydrogens (tertiary/aromatic N) is 4. The zero-order valence-electron chi connectivity index (χ0n) is 10.9. The second-order valence-electron chi connectivity index (χ2n) is 4.19. The van der Waals surface area contributed by atoms with Gasteiger partial charge in [-0.15, -0.1) is 16.7 Å². The number of hydrogen-bond donors (Lipinski definition) is 0. The number of carbonyl (C=O) groups is 1. The quantitative estimate of drug-likeness (QED) is 0.764. The molecule has 2 heterocycles. The molecule has 0 radical (unpaired) electrons. The van der Waals surface area contributed by atoms with Crippen LogP contribution in [-0.2, 0) is 24.4 Å². The van der Waals surface area contributed by atoms with Gasteiger partial charge in [-0.25, -0.2) is 0 Å². The molecule has 5 nitrogen and oxygen atoms in total. The van der Waals surface area contributed by atoms with Gasteiger partial charge in [0, 0.05) is 24.0 Å². The molecule has 0 saturated heterocycles. The van der Waals surface area contributed by atoms with E-state index < -0.39 is 0 Å².